The first-order valence-electron chi connectivity index (χ1n) is 5.06. The predicted octanol–water partition coefficient (Wildman–Crippen LogP) is 2.83. The van der Waals surface area contributed by atoms with Gasteiger partial charge >= 0.3 is 0 Å². The Balaban J connectivity index is 2.33. The lowest BCUT2D eigenvalue weighted by Crippen LogP contribution is -1.97. The zero-order valence-electron chi connectivity index (χ0n) is 9.09. The van der Waals surface area contributed by atoms with Gasteiger partial charge in [0.2, 0.25) is 0 Å². The average Bonchev–Trinajstić information content (AvgIpc) is 2.38. The summed E-state index contributed by atoms with van der Waals surface area (Å²) in [5, 5.41) is 0. The van der Waals surface area contributed by atoms with E-state index in [2.05, 4.69) is 9.87 Å². The number of hydrogen-bond donors (Lipinski definition) is 0. The van der Waals surface area contributed by atoms with Crippen LogP contribution in [0.25, 0.3) is 11.1 Å². The van der Waals surface area contributed by atoms with Gasteiger partial charge in [-0.25, -0.2) is 9.78 Å². The zero-order valence-corrected chi connectivity index (χ0v) is 9.09. The summed E-state index contributed by atoms with van der Waals surface area (Å²) >= 11 is 0. The lowest BCUT2D eigenvalue weighted by atomic mass is 10.0. The highest BCUT2D eigenvalue weighted by Crippen LogP contribution is 2.22. The van der Waals surface area contributed by atoms with Crippen molar-refractivity contribution in [2.75, 3.05) is 7.11 Å². The van der Waals surface area contributed by atoms with E-state index in [-0.39, 0.29) is 0 Å². The zero-order chi connectivity index (χ0) is 11.2. The summed E-state index contributed by atoms with van der Waals surface area (Å²) in [6, 6.07) is 14.0. The Labute approximate surface area is 94.6 Å². The van der Waals surface area contributed by atoms with E-state index in [0.29, 0.717) is 6.61 Å². The summed E-state index contributed by atoms with van der Waals surface area (Å²) in [4.78, 5) is 13.8. The van der Waals surface area contributed by atoms with Crippen LogP contribution in [-0.2, 0) is 16.4 Å². The van der Waals surface area contributed by atoms with E-state index in [0.717, 1.165) is 16.8 Å². The summed E-state index contributed by atoms with van der Waals surface area (Å²) in [6.45, 7) is 0.349. The molecule has 0 saturated heterocycles. The van der Waals surface area contributed by atoms with Crippen molar-refractivity contribution in [1.29, 1.82) is 0 Å². The van der Waals surface area contributed by atoms with E-state index >= 15 is 0 Å². The van der Waals surface area contributed by atoms with Crippen LogP contribution in [0.3, 0.4) is 0 Å². The minimum Gasteiger partial charge on any atom is -0.258 e. The predicted molar refractivity (Wildman–Crippen MR) is 61.5 cm³/mol. The van der Waals surface area contributed by atoms with Crippen LogP contribution in [0.4, 0.5) is 0 Å². The molecule has 0 bridgehead atoms. The van der Waals surface area contributed by atoms with Gasteiger partial charge in [-0.3, -0.25) is 4.98 Å². The fraction of sp³-hybridized carbons (Fsp3) is 0.154. The molecular formula is C13H13NO2. The second-order valence-corrected chi connectivity index (χ2v) is 3.29. The molecule has 16 heavy (non-hydrogen) atoms. The number of hydrogen-bond acceptors (Lipinski definition) is 3. The SMILES string of the molecule is COOCc1ncccc1-c1ccccc1. The first kappa shape index (κ1) is 10.8. The van der Waals surface area contributed by atoms with Crippen molar-refractivity contribution in [3.05, 3.63) is 54.4 Å². The van der Waals surface area contributed by atoms with Crippen molar-refractivity contribution in [2.24, 2.45) is 0 Å². The standard InChI is InChI=1S/C13H13NO2/c1-15-16-10-13-12(8-5-9-14-13)11-6-3-2-4-7-11/h2-9H,10H2,1H3. The number of aromatic nitrogens is 1. The van der Waals surface area contributed by atoms with Gasteiger partial charge in [0.05, 0.1) is 12.8 Å². The van der Waals surface area contributed by atoms with Crippen LogP contribution < -0.4 is 0 Å². The van der Waals surface area contributed by atoms with Crippen molar-refractivity contribution in [3.63, 3.8) is 0 Å². The van der Waals surface area contributed by atoms with Gasteiger partial charge in [-0.1, -0.05) is 36.4 Å². The maximum atomic E-state index is 4.92. The van der Waals surface area contributed by atoms with Crippen LogP contribution in [0.1, 0.15) is 5.69 Å². The van der Waals surface area contributed by atoms with E-state index in [1.807, 2.05) is 42.5 Å². The molecule has 0 spiro atoms. The monoisotopic (exact) mass is 215 g/mol. The van der Waals surface area contributed by atoms with Crippen LogP contribution in [0, 0.1) is 0 Å². The molecule has 2 aromatic rings. The number of rotatable bonds is 4. The van der Waals surface area contributed by atoms with E-state index in [1.165, 1.54) is 7.11 Å². The molecular weight excluding hydrogens is 202 g/mol. The third-order valence-corrected chi connectivity index (χ3v) is 2.29. The van der Waals surface area contributed by atoms with Crippen molar-refractivity contribution < 1.29 is 9.78 Å². The van der Waals surface area contributed by atoms with E-state index in [1.54, 1.807) is 6.20 Å². The Morgan fingerprint density at radius 2 is 1.88 bits per heavy atom. The minimum absolute atomic E-state index is 0.349. The minimum atomic E-state index is 0.349. The van der Waals surface area contributed by atoms with Gasteiger partial charge in [0, 0.05) is 11.8 Å². The highest BCUT2D eigenvalue weighted by Gasteiger charge is 2.05. The fourth-order valence-electron chi connectivity index (χ4n) is 1.55. The maximum Gasteiger partial charge on any atom is 0.125 e. The van der Waals surface area contributed by atoms with Crippen LogP contribution in [0.15, 0.2) is 48.7 Å². The molecule has 0 amide bonds. The molecule has 0 aliphatic rings. The molecule has 1 aromatic carbocycles. The number of pyridine rings is 1. The molecule has 0 atom stereocenters. The van der Waals surface area contributed by atoms with Crippen molar-refractivity contribution in [2.45, 2.75) is 6.61 Å². The fourth-order valence-corrected chi connectivity index (χ4v) is 1.55. The molecule has 0 radical (unpaired) electrons. The van der Waals surface area contributed by atoms with Gasteiger partial charge < -0.3 is 0 Å². The molecule has 3 heteroatoms. The largest absolute Gasteiger partial charge is 0.258 e. The number of benzene rings is 1. The molecule has 0 aliphatic heterocycles. The molecule has 1 aromatic heterocycles. The van der Waals surface area contributed by atoms with Crippen LogP contribution in [0.5, 0.6) is 0 Å². The Hall–Kier alpha value is -1.71. The number of nitrogens with zero attached hydrogens (tertiary/aromatic N) is 1. The molecule has 2 rings (SSSR count). The Bertz CT molecular complexity index is 443. The Morgan fingerprint density at radius 3 is 2.62 bits per heavy atom. The van der Waals surface area contributed by atoms with E-state index in [4.69, 9.17) is 4.89 Å². The smallest absolute Gasteiger partial charge is 0.125 e. The molecule has 0 aliphatic carbocycles. The summed E-state index contributed by atoms with van der Waals surface area (Å²) < 4.78 is 0. The second-order valence-electron chi connectivity index (χ2n) is 3.29. The molecule has 0 fully saturated rings. The molecule has 3 nitrogen and oxygen atoms in total. The lowest BCUT2D eigenvalue weighted by Gasteiger charge is -2.07. The van der Waals surface area contributed by atoms with Gasteiger partial charge in [0.1, 0.15) is 6.61 Å². The molecule has 0 unspecified atom stereocenters. The highest BCUT2D eigenvalue weighted by atomic mass is 17.2. The van der Waals surface area contributed by atoms with Crippen molar-refractivity contribution >= 4 is 0 Å². The summed E-state index contributed by atoms with van der Waals surface area (Å²) in [6.07, 6.45) is 1.75. The molecule has 82 valence electrons. The van der Waals surface area contributed by atoms with Crippen molar-refractivity contribution in [3.8, 4) is 11.1 Å². The molecule has 1 heterocycles. The van der Waals surface area contributed by atoms with Gasteiger partial charge in [-0.15, -0.1) is 0 Å². The third-order valence-electron chi connectivity index (χ3n) is 2.29. The quantitative estimate of drug-likeness (QED) is 0.580. The average molecular weight is 215 g/mol. The topological polar surface area (TPSA) is 31.4 Å². The lowest BCUT2D eigenvalue weighted by molar-refractivity contribution is -0.282. The molecule has 0 N–H and O–H groups in total. The maximum absolute atomic E-state index is 4.92. The van der Waals surface area contributed by atoms with Crippen LogP contribution >= 0.6 is 0 Å². The van der Waals surface area contributed by atoms with Crippen LogP contribution in [0.2, 0.25) is 0 Å². The first-order valence-corrected chi connectivity index (χ1v) is 5.06. The Morgan fingerprint density at radius 1 is 1.06 bits per heavy atom. The van der Waals surface area contributed by atoms with Gasteiger partial charge in [0.15, 0.2) is 0 Å². The first-order chi connectivity index (χ1) is 7.92. The van der Waals surface area contributed by atoms with Crippen molar-refractivity contribution in [1.82, 2.24) is 4.98 Å². The van der Waals surface area contributed by atoms with Crippen LogP contribution in [-0.4, -0.2) is 12.1 Å². The van der Waals surface area contributed by atoms with E-state index in [9.17, 15) is 0 Å². The molecule has 0 saturated carbocycles. The van der Waals surface area contributed by atoms with Gasteiger partial charge in [-0.05, 0) is 11.6 Å². The Kier molecular flexibility index (Phi) is 3.64. The summed E-state index contributed by atoms with van der Waals surface area (Å²) in [5.74, 6) is 0. The van der Waals surface area contributed by atoms with Gasteiger partial charge in [-0.2, -0.15) is 0 Å². The third kappa shape index (κ3) is 2.45. The summed E-state index contributed by atoms with van der Waals surface area (Å²) in [5.41, 5.74) is 3.07. The van der Waals surface area contributed by atoms with Gasteiger partial charge in [0.25, 0.3) is 0 Å². The second kappa shape index (κ2) is 5.39. The summed E-state index contributed by atoms with van der Waals surface area (Å²) in [7, 11) is 1.49. The van der Waals surface area contributed by atoms with E-state index < -0.39 is 0 Å². The highest BCUT2D eigenvalue weighted by molar-refractivity contribution is 5.65. The normalized spacial score (nSPS) is 10.3.